The van der Waals surface area contributed by atoms with Crippen LogP contribution in [0.5, 0.6) is 5.75 Å². The Bertz CT molecular complexity index is 413. The molecule has 0 aliphatic heterocycles. The lowest BCUT2D eigenvalue weighted by atomic mass is 10.0. The first-order chi connectivity index (χ1) is 7.81. The van der Waals surface area contributed by atoms with Gasteiger partial charge >= 0.3 is 12.3 Å². The minimum absolute atomic E-state index is 0.321. The predicted molar refractivity (Wildman–Crippen MR) is 53.8 cm³/mol. The number of rotatable bonds is 4. The molecule has 17 heavy (non-hydrogen) atoms. The molecule has 1 rings (SSSR count). The largest absolute Gasteiger partial charge is 0.573 e. The number of benzene rings is 1. The second kappa shape index (κ2) is 5.07. The minimum Gasteiger partial charge on any atom is -0.481 e. The molecule has 1 aromatic carbocycles. The number of hydrogen-bond donors (Lipinski definition) is 1. The maximum absolute atomic E-state index is 12.0. The number of carboxylic acids is 1. The first kappa shape index (κ1) is 13.3. The zero-order chi connectivity index (χ0) is 13.1. The minimum atomic E-state index is -4.77. The van der Waals surface area contributed by atoms with Gasteiger partial charge < -0.3 is 9.84 Å². The van der Waals surface area contributed by atoms with E-state index < -0.39 is 18.1 Å². The highest BCUT2D eigenvalue weighted by molar-refractivity contribution is 5.71. The van der Waals surface area contributed by atoms with Crippen LogP contribution in [0, 0.1) is 0 Å². The summed E-state index contributed by atoms with van der Waals surface area (Å²) in [5, 5.41) is 8.65. The van der Waals surface area contributed by atoms with E-state index in [2.05, 4.69) is 4.74 Å². The number of carbonyl (C=O) groups is 1. The van der Waals surface area contributed by atoms with E-state index in [1.54, 1.807) is 6.92 Å². The first-order valence-electron chi connectivity index (χ1n) is 4.91. The number of alkyl halides is 3. The lowest BCUT2D eigenvalue weighted by Gasteiger charge is -2.12. The van der Waals surface area contributed by atoms with Gasteiger partial charge in [-0.05, 0) is 29.7 Å². The zero-order valence-electron chi connectivity index (χ0n) is 9.04. The Balaban J connectivity index is 3.00. The summed E-state index contributed by atoms with van der Waals surface area (Å²) >= 11 is 0. The second-order valence-corrected chi connectivity index (χ2v) is 3.40. The van der Waals surface area contributed by atoms with Crippen molar-refractivity contribution in [2.45, 2.75) is 26.1 Å². The highest BCUT2D eigenvalue weighted by atomic mass is 19.4. The molecule has 6 heteroatoms. The summed E-state index contributed by atoms with van der Waals surface area (Å²) in [7, 11) is 0. The molecule has 0 saturated heterocycles. The average Bonchev–Trinajstić information content (AvgIpc) is 2.14. The summed E-state index contributed by atoms with van der Waals surface area (Å²) < 4.78 is 39.7. The van der Waals surface area contributed by atoms with Crippen LogP contribution in [0.2, 0.25) is 0 Å². The Hall–Kier alpha value is -1.72. The molecule has 0 bridgehead atoms. The van der Waals surface area contributed by atoms with Gasteiger partial charge in [-0.1, -0.05) is 13.0 Å². The van der Waals surface area contributed by atoms with Gasteiger partial charge in [0.1, 0.15) is 5.75 Å². The van der Waals surface area contributed by atoms with Crippen molar-refractivity contribution in [1.29, 1.82) is 0 Å². The standard InChI is InChI=1S/C11H11F3O3/c1-2-7-3-4-9(17-11(12,13)14)5-8(7)6-10(15)16/h3-5H,2,6H2,1H3,(H,15,16). The fourth-order valence-corrected chi connectivity index (χ4v) is 1.47. The molecule has 0 saturated carbocycles. The normalized spacial score (nSPS) is 11.3. The summed E-state index contributed by atoms with van der Waals surface area (Å²) in [4.78, 5) is 10.6. The quantitative estimate of drug-likeness (QED) is 0.891. The summed E-state index contributed by atoms with van der Waals surface area (Å²) in [6.07, 6.45) is -4.54. The second-order valence-electron chi connectivity index (χ2n) is 3.40. The van der Waals surface area contributed by atoms with Crippen LogP contribution in [0.25, 0.3) is 0 Å². The number of aryl methyl sites for hydroxylation is 1. The summed E-state index contributed by atoms with van der Waals surface area (Å²) in [5.41, 5.74) is 1.03. The van der Waals surface area contributed by atoms with Crippen molar-refractivity contribution < 1.29 is 27.8 Å². The van der Waals surface area contributed by atoms with Gasteiger partial charge in [-0.2, -0.15) is 0 Å². The van der Waals surface area contributed by atoms with Crippen LogP contribution >= 0.6 is 0 Å². The Morgan fingerprint density at radius 3 is 2.47 bits per heavy atom. The summed E-state index contributed by atoms with van der Waals surface area (Å²) in [6.45, 7) is 1.80. The topological polar surface area (TPSA) is 46.5 Å². The molecular formula is C11H11F3O3. The predicted octanol–water partition coefficient (Wildman–Crippen LogP) is 2.77. The molecule has 0 radical (unpaired) electrons. The zero-order valence-corrected chi connectivity index (χ0v) is 9.04. The fraction of sp³-hybridized carbons (Fsp3) is 0.364. The van der Waals surface area contributed by atoms with Crippen molar-refractivity contribution in [3.8, 4) is 5.75 Å². The molecule has 94 valence electrons. The third-order valence-electron chi connectivity index (χ3n) is 2.13. The molecule has 1 N–H and O–H groups in total. The van der Waals surface area contributed by atoms with Crippen LogP contribution in [0.3, 0.4) is 0 Å². The molecule has 0 unspecified atom stereocenters. The van der Waals surface area contributed by atoms with Crippen LogP contribution < -0.4 is 4.74 Å². The number of carboxylic acid groups (broad SMARTS) is 1. The van der Waals surface area contributed by atoms with Gasteiger partial charge in [0.25, 0.3) is 0 Å². The SMILES string of the molecule is CCc1ccc(OC(F)(F)F)cc1CC(=O)O. The van der Waals surface area contributed by atoms with Gasteiger partial charge in [0.15, 0.2) is 0 Å². The Labute approximate surface area is 95.8 Å². The maximum atomic E-state index is 12.0. The van der Waals surface area contributed by atoms with Crippen LogP contribution in [-0.4, -0.2) is 17.4 Å². The van der Waals surface area contributed by atoms with E-state index in [1.807, 2.05) is 0 Å². The summed E-state index contributed by atoms with van der Waals surface area (Å²) in [6, 6.07) is 3.73. The molecule has 0 amide bonds. The van der Waals surface area contributed by atoms with Crippen LogP contribution in [0.1, 0.15) is 18.1 Å². The van der Waals surface area contributed by atoms with E-state index in [-0.39, 0.29) is 6.42 Å². The molecule has 1 aromatic rings. The molecule has 0 heterocycles. The fourth-order valence-electron chi connectivity index (χ4n) is 1.47. The third-order valence-corrected chi connectivity index (χ3v) is 2.13. The highest BCUT2D eigenvalue weighted by Gasteiger charge is 2.31. The van der Waals surface area contributed by atoms with Gasteiger partial charge in [0, 0.05) is 0 Å². The molecule has 0 aliphatic rings. The van der Waals surface area contributed by atoms with E-state index >= 15 is 0 Å². The van der Waals surface area contributed by atoms with E-state index in [1.165, 1.54) is 12.1 Å². The van der Waals surface area contributed by atoms with Crippen molar-refractivity contribution in [2.75, 3.05) is 0 Å². The van der Waals surface area contributed by atoms with Crippen LogP contribution in [0.4, 0.5) is 13.2 Å². The van der Waals surface area contributed by atoms with E-state index in [9.17, 15) is 18.0 Å². The molecule has 0 aromatic heterocycles. The van der Waals surface area contributed by atoms with Gasteiger partial charge in [0.05, 0.1) is 6.42 Å². The van der Waals surface area contributed by atoms with Crippen molar-refractivity contribution in [3.05, 3.63) is 29.3 Å². The van der Waals surface area contributed by atoms with E-state index in [0.717, 1.165) is 6.07 Å². The van der Waals surface area contributed by atoms with E-state index in [4.69, 9.17) is 5.11 Å². The first-order valence-corrected chi connectivity index (χ1v) is 4.91. The summed E-state index contributed by atoms with van der Waals surface area (Å²) in [5.74, 6) is -1.49. The van der Waals surface area contributed by atoms with Gasteiger partial charge in [-0.15, -0.1) is 13.2 Å². The van der Waals surface area contributed by atoms with Crippen molar-refractivity contribution in [3.63, 3.8) is 0 Å². The third kappa shape index (κ3) is 4.34. The number of halogens is 3. The van der Waals surface area contributed by atoms with Gasteiger partial charge in [-0.3, -0.25) is 4.79 Å². The number of hydrogen-bond acceptors (Lipinski definition) is 2. The van der Waals surface area contributed by atoms with Crippen LogP contribution in [-0.2, 0) is 17.6 Å². The maximum Gasteiger partial charge on any atom is 0.573 e. The van der Waals surface area contributed by atoms with Gasteiger partial charge in [-0.25, -0.2) is 0 Å². The molecule has 0 aliphatic carbocycles. The Morgan fingerprint density at radius 1 is 1.35 bits per heavy atom. The Kier molecular flexibility index (Phi) is 3.98. The molecule has 0 spiro atoms. The molecule has 3 nitrogen and oxygen atoms in total. The van der Waals surface area contributed by atoms with Crippen LogP contribution in [0.15, 0.2) is 18.2 Å². The lowest BCUT2D eigenvalue weighted by molar-refractivity contribution is -0.274. The number of aliphatic carboxylic acids is 1. The monoisotopic (exact) mass is 248 g/mol. The van der Waals surface area contributed by atoms with Crippen molar-refractivity contribution in [1.82, 2.24) is 0 Å². The smallest absolute Gasteiger partial charge is 0.481 e. The van der Waals surface area contributed by atoms with Crippen molar-refractivity contribution in [2.24, 2.45) is 0 Å². The number of ether oxygens (including phenoxy) is 1. The van der Waals surface area contributed by atoms with Crippen molar-refractivity contribution >= 4 is 5.97 Å². The van der Waals surface area contributed by atoms with E-state index in [0.29, 0.717) is 17.5 Å². The lowest BCUT2D eigenvalue weighted by Crippen LogP contribution is -2.17. The molecule has 0 atom stereocenters. The highest BCUT2D eigenvalue weighted by Crippen LogP contribution is 2.25. The van der Waals surface area contributed by atoms with Gasteiger partial charge in [0.2, 0.25) is 0 Å². The molecule has 0 fully saturated rings. The molecular weight excluding hydrogens is 237 g/mol. The average molecular weight is 248 g/mol. The Morgan fingerprint density at radius 2 is 2.00 bits per heavy atom.